The molecule has 0 aliphatic heterocycles. The largest absolute Gasteiger partial charge is 0.330 e. The van der Waals surface area contributed by atoms with Crippen LogP contribution in [0.2, 0.25) is 0 Å². The Morgan fingerprint density at radius 2 is 2.11 bits per heavy atom. The summed E-state index contributed by atoms with van der Waals surface area (Å²) < 4.78 is 16.8. The molecule has 96 valence electrons. The average Bonchev–Trinajstić information content (AvgIpc) is 3.05. The highest BCUT2D eigenvalue weighted by molar-refractivity contribution is 9.10. The number of rotatable bonds is 2. The lowest BCUT2D eigenvalue weighted by molar-refractivity contribution is 0.310. The van der Waals surface area contributed by atoms with E-state index in [1.54, 1.807) is 6.07 Å². The highest BCUT2D eigenvalue weighted by atomic mass is 79.9. The minimum atomic E-state index is -0.268. The van der Waals surface area contributed by atoms with Crippen LogP contribution < -0.4 is 0 Å². The summed E-state index contributed by atoms with van der Waals surface area (Å²) in [7, 11) is 0. The zero-order valence-electron chi connectivity index (χ0n) is 10.3. The normalized spacial score (nSPS) is 16.4. The maximum absolute atomic E-state index is 13.5. The van der Waals surface area contributed by atoms with E-state index in [0.717, 1.165) is 11.0 Å². The van der Waals surface area contributed by atoms with Gasteiger partial charge in [-0.05, 0) is 66.8 Å². The fourth-order valence-electron chi connectivity index (χ4n) is 2.65. The molecular weight excluding hydrogens is 315 g/mol. The van der Waals surface area contributed by atoms with Gasteiger partial charge in [0.05, 0.1) is 15.5 Å². The Balaban J connectivity index is 2.31. The number of H-pyrrole nitrogens is 1. The monoisotopic (exact) mass is 328 g/mol. The number of nitrogens with zero attached hydrogens (tertiary/aromatic N) is 1. The number of hydrogen-bond donors (Lipinski definition) is 1. The fraction of sp³-hybridized carbons (Fsp3) is 0.462. The van der Waals surface area contributed by atoms with Crippen LogP contribution in [-0.4, -0.2) is 9.55 Å². The van der Waals surface area contributed by atoms with Gasteiger partial charge in [0.1, 0.15) is 5.82 Å². The molecule has 1 fully saturated rings. The van der Waals surface area contributed by atoms with Gasteiger partial charge in [-0.25, -0.2) is 4.39 Å². The second-order valence-corrected chi connectivity index (χ2v) is 6.72. The zero-order valence-corrected chi connectivity index (χ0v) is 12.7. The maximum atomic E-state index is 13.5. The van der Waals surface area contributed by atoms with Crippen LogP contribution in [0.15, 0.2) is 16.6 Å². The van der Waals surface area contributed by atoms with Crippen LogP contribution in [0.25, 0.3) is 11.0 Å². The standard InChI is InChI=1S/C13H14BrFN2S/c1-13(2,7-3-4-7)17-11-5-8(14)9(15)6-10(11)16-12(17)18/h5-7H,3-4H2,1-2H3,(H,16,18). The van der Waals surface area contributed by atoms with Crippen molar-refractivity contribution in [2.45, 2.75) is 32.2 Å². The van der Waals surface area contributed by atoms with E-state index in [2.05, 4.69) is 39.3 Å². The van der Waals surface area contributed by atoms with E-state index in [1.807, 2.05) is 0 Å². The molecule has 0 bridgehead atoms. The van der Waals surface area contributed by atoms with Crippen LogP contribution in [0, 0.1) is 16.5 Å². The van der Waals surface area contributed by atoms with Gasteiger partial charge in [-0.1, -0.05) is 0 Å². The molecule has 0 radical (unpaired) electrons. The molecule has 0 spiro atoms. The molecule has 2 nitrogen and oxygen atoms in total. The fourth-order valence-corrected chi connectivity index (χ4v) is 3.42. The first-order valence-electron chi connectivity index (χ1n) is 6.01. The molecular formula is C13H14BrFN2S. The van der Waals surface area contributed by atoms with Crippen molar-refractivity contribution in [2.75, 3.05) is 0 Å². The molecule has 0 unspecified atom stereocenters. The van der Waals surface area contributed by atoms with Gasteiger partial charge >= 0.3 is 0 Å². The number of aromatic nitrogens is 2. The van der Waals surface area contributed by atoms with Gasteiger partial charge in [-0.3, -0.25) is 0 Å². The number of benzene rings is 1. The van der Waals surface area contributed by atoms with Crippen LogP contribution >= 0.6 is 28.1 Å². The Morgan fingerprint density at radius 1 is 1.44 bits per heavy atom. The summed E-state index contributed by atoms with van der Waals surface area (Å²) in [5, 5.41) is 0. The predicted octanol–water partition coefficient (Wildman–Crippen LogP) is 4.75. The SMILES string of the molecule is CC(C)(C1CC1)n1c(=S)[nH]c2cc(F)c(Br)cc21. The number of aromatic amines is 1. The maximum Gasteiger partial charge on any atom is 0.178 e. The summed E-state index contributed by atoms with van der Waals surface area (Å²) in [6, 6.07) is 3.30. The lowest BCUT2D eigenvalue weighted by Gasteiger charge is -2.27. The number of hydrogen-bond acceptors (Lipinski definition) is 1. The van der Waals surface area contributed by atoms with E-state index in [1.165, 1.54) is 18.9 Å². The Morgan fingerprint density at radius 3 is 2.72 bits per heavy atom. The third-order valence-corrected chi connectivity index (χ3v) is 4.77. The molecule has 0 amide bonds. The van der Waals surface area contributed by atoms with Crippen molar-refractivity contribution in [1.82, 2.24) is 9.55 Å². The van der Waals surface area contributed by atoms with Crippen LogP contribution in [-0.2, 0) is 5.54 Å². The molecule has 1 aromatic heterocycles. The second-order valence-electron chi connectivity index (χ2n) is 5.48. The molecule has 3 rings (SSSR count). The van der Waals surface area contributed by atoms with Crippen molar-refractivity contribution >= 4 is 39.2 Å². The Labute approximate surface area is 118 Å². The van der Waals surface area contributed by atoms with Gasteiger partial charge < -0.3 is 9.55 Å². The van der Waals surface area contributed by atoms with Crippen LogP contribution in [0.1, 0.15) is 26.7 Å². The Bertz CT molecular complexity index is 682. The topological polar surface area (TPSA) is 20.7 Å². The van der Waals surface area contributed by atoms with Crippen molar-refractivity contribution in [1.29, 1.82) is 0 Å². The molecule has 1 N–H and O–H groups in total. The van der Waals surface area contributed by atoms with Gasteiger partial charge in [-0.15, -0.1) is 0 Å². The summed E-state index contributed by atoms with van der Waals surface area (Å²) in [5.74, 6) is 0.391. The van der Waals surface area contributed by atoms with Crippen molar-refractivity contribution in [3.05, 3.63) is 27.2 Å². The molecule has 18 heavy (non-hydrogen) atoms. The highest BCUT2D eigenvalue weighted by Gasteiger charge is 2.40. The van der Waals surface area contributed by atoms with Gasteiger partial charge in [0.15, 0.2) is 4.77 Å². The first-order valence-corrected chi connectivity index (χ1v) is 7.21. The number of fused-ring (bicyclic) bond motifs is 1. The lowest BCUT2D eigenvalue weighted by atomic mass is 9.98. The number of imidazole rings is 1. The van der Waals surface area contributed by atoms with Crippen molar-refractivity contribution < 1.29 is 4.39 Å². The minimum Gasteiger partial charge on any atom is -0.330 e. The Hall–Kier alpha value is -0.680. The quantitative estimate of drug-likeness (QED) is 0.789. The van der Waals surface area contributed by atoms with Gasteiger partial charge in [-0.2, -0.15) is 0 Å². The number of halogens is 2. The van der Waals surface area contributed by atoms with Crippen LogP contribution in [0.4, 0.5) is 4.39 Å². The first kappa shape index (κ1) is 12.4. The molecule has 1 heterocycles. The first-order chi connectivity index (χ1) is 8.41. The summed E-state index contributed by atoms with van der Waals surface area (Å²) in [5.41, 5.74) is 1.70. The predicted molar refractivity (Wildman–Crippen MR) is 76.8 cm³/mol. The summed E-state index contributed by atoms with van der Waals surface area (Å²) >= 11 is 8.65. The van der Waals surface area contributed by atoms with E-state index in [0.29, 0.717) is 15.2 Å². The van der Waals surface area contributed by atoms with Crippen LogP contribution in [0.3, 0.4) is 0 Å². The molecule has 1 saturated carbocycles. The molecule has 5 heteroatoms. The van der Waals surface area contributed by atoms with Gasteiger partial charge in [0, 0.05) is 11.6 Å². The van der Waals surface area contributed by atoms with E-state index in [9.17, 15) is 4.39 Å². The third kappa shape index (κ3) is 1.75. The average molecular weight is 329 g/mol. The third-order valence-electron chi connectivity index (χ3n) is 3.88. The summed E-state index contributed by atoms with van der Waals surface area (Å²) in [6.07, 6.45) is 2.48. The molecule has 1 aromatic carbocycles. The second kappa shape index (κ2) is 3.90. The number of nitrogens with one attached hydrogen (secondary N) is 1. The van der Waals surface area contributed by atoms with Crippen molar-refractivity contribution in [3.63, 3.8) is 0 Å². The zero-order chi connectivity index (χ0) is 13.1. The highest BCUT2D eigenvalue weighted by Crippen LogP contribution is 2.45. The van der Waals surface area contributed by atoms with E-state index in [-0.39, 0.29) is 11.4 Å². The van der Waals surface area contributed by atoms with Crippen molar-refractivity contribution in [2.24, 2.45) is 5.92 Å². The van der Waals surface area contributed by atoms with Crippen molar-refractivity contribution in [3.8, 4) is 0 Å². The Kier molecular flexibility index (Phi) is 2.68. The molecule has 1 aliphatic carbocycles. The van der Waals surface area contributed by atoms with Gasteiger partial charge in [0.2, 0.25) is 0 Å². The molecule has 0 saturated heterocycles. The minimum absolute atomic E-state index is 0.0212. The molecule has 0 atom stereocenters. The van der Waals surface area contributed by atoms with E-state index < -0.39 is 0 Å². The van der Waals surface area contributed by atoms with E-state index in [4.69, 9.17) is 12.2 Å². The molecule has 2 aromatic rings. The summed E-state index contributed by atoms with van der Waals surface area (Å²) in [4.78, 5) is 3.10. The van der Waals surface area contributed by atoms with E-state index >= 15 is 0 Å². The molecule has 1 aliphatic rings. The lowest BCUT2D eigenvalue weighted by Crippen LogP contribution is -2.28. The summed E-state index contributed by atoms with van der Waals surface area (Å²) in [6.45, 7) is 4.40. The van der Waals surface area contributed by atoms with Gasteiger partial charge in [0.25, 0.3) is 0 Å². The smallest absolute Gasteiger partial charge is 0.178 e. The van der Waals surface area contributed by atoms with Crippen LogP contribution in [0.5, 0.6) is 0 Å².